The lowest BCUT2D eigenvalue weighted by molar-refractivity contribution is -0.122. The molecule has 1 N–H and O–H groups in total. The second-order valence-corrected chi connectivity index (χ2v) is 8.26. The third kappa shape index (κ3) is 4.20. The van der Waals surface area contributed by atoms with Crippen molar-refractivity contribution in [2.75, 3.05) is 4.90 Å². The quantitative estimate of drug-likeness (QED) is 0.360. The fourth-order valence-electron chi connectivity index (χ4n) is 3.11. The number of nitrogens with one attached hydrogen (secondary N) is 1. The number of carbonyl (C=O) groups is 2. The van der Waals surface area contributed by atoms with E-state index in [4.69, 9.17) is 12.2 Å². The maximum Gasteiger partial charge on any atom is 0.270 e. The van der Waals surface area contributed by atoms with E-state index >= 15 is 0 Å². The standard InChI is InChI=1S/C24H18N2O2S2/c1-16-7-5-6-10-21(16)26-23(28)20(22(27)25-24(26)29)15-17-11-13-19(14-12-17)30-18-8-3-2-4-9-18/h2-15H,1H3,(H,25,27,29)/b20-15+. The minimum atomic E-state index is -0.488. The van der Waals surface area contributed by atoms with Crippen LogP contribution in [0.1, 0.15) is 11.1 Å². The number of thiocarbonyl (C=S) groups is 1. The lowest BCUT2D eigenvalue weighted by Crippen LogP contribution is -2.54. The molecule has 0 atom stereocenters. The van der Waals surface area contributed by atoms with E-state index in [0.717, 1.165) is 20.9 Å². The number of para-hydroxylation sites is 1. The molecule has 4 rings (SSSR count). The summed E-state index contributed by atoms with van der Waals surface area (Å²) in [5.74, 6) is -0.918. The largest absolute Gasteiger partial charge is 0.298 e. The Balaban J connectivity index is 1.60. The molecule has 3 aromatic carbocycles. The van der Waals surface area contributed by atoms with Gasteiger partial charge in [-0.3, -0.25) is 19.8 Å². The van der Waals surface area contributed by atoms with Gasteiger partial charge in [0.15, 0.2) is 5.11 Å². The second-order valence-electron chi connectivity index (χ2n) is 6.73. The predicted octanol–water partition coefficient (Wildman–Crippen LogP) is 4.98. The van der Waals surface area contributed by atoms with Crippen molar-refractivity contribution in [3.63, 3.8) is 0 Å². The molecule has 0 unspecified atom stereocenters. The van der Waals surface area contributed by atoms with Crippen LogP contribution in [0.3, 0.4) is 0 Å². The maximum absolute atomic E-state index is 13.1. The van der Waals surface area contributed by atoms with Crippen LogP contribution in [0.25, 0.3) is 6.08 Å². The molecule has 1 fully saturated rings. The molecule has 0 radical (unpaired) electrons. The van der Waals surface area contributed by atoms with Crippen molar-refractivity contribution in [3.8, 4) is 0 Å². The Kier molecular flexibility index (Phi) is 5.79. The molecule has 6 heteroatoms. The Morgan fingerprint density at radius 1 is 0.867 bits per heavy atom. The van der Waals surface area contributed by atoms with Crippen molar-refractivity contribution in [1.29, 1.82) is 0 Å². The molecule has 148 valence electrons. The molecular weight excluding hydrogens is 412 g/mol. The normalized spacial score (nSPS) is 15.4. The van der Waals surface area contributed by atoms with Gasteiger partial charge < -0.3 is 0 Å². The molecule has 0 saturated carbocycles. The summed E-state index contributed by atoms with van der Waals surface area (Å²) in [5, 5.41) is 2.71. The first-order valence-corrected chi connectivity index (χ1v) is 10.6. The van der Waals surface area contributed by atoms with E-state index in [1.54, 1.807) is 17.8 Å². The average Bonchev–Trinajstić information content (AvgIpc) is 2.74. The highest BCUT2D eigenvalue weighted by molar-refractivity contribution is 7.99. The number of rotatable bonds is 4. The number of anilines is 1. The first kappa shape index (κ1) is 20.1. The van der Waals surface area contributed by atoms with E-state index in [0.29, 0.717) is 5.69 Å². The van der Waals surface area contributed by atoms with E-state index in [-0.39, 0.29) is 10.7 Å². The Labute approximate surface area is 184 Å². The van der Waals surface area contributed by atoms with E-state index < -0.39 is 11.8 Å². The lowest BCUT2D eigenvalue weighted by Gasteiger charge is -2.30. The van der Waals surface area contributed by atoms with Crippen LogP contribution in [0, 0.1) is 6.92 Å². The zero-order valence-electron chi connectivity index (χ0n) is 16.2. The van der Waals surface area contributed by atoms with Crippen LogP contribution in [0.15, 0.2) is 94.2 Å². The molecule has 4 nitrogen and oxygen atoms in total. The van der Waals surface area contributed by atoms with Gasteiger partial charge in [-0.25, -0.2) is 0 Å². The second kappa shape index (κ2) is 8.65. The van der Waals surface area contributed by atoms with Gasteiger partial charge in [0.2, 0.25) is 0 Å². The van der Waals surface area contributed by atoms with Crippen LogP contribution in [-0.4, -0.2) is 16.9 Å². The van der Waals surface area contributed by atoms with Crippen LogP contribution in [0.5, 0.6) is 0 Å². The topological polar surface area (TPSA) is 49.4 Å². The fraction of sp³-hybridized carbons (Fsp3) is 0.0417. The summed E-state index contributed by atoms with van der Waals surface area (Å²) in [7, 11) is 0. The number of hydrogen-bond donors (Lipinski definition) is 1. The molecule has 3 aromatic rings. The first-order chi connectivity index (χ1) is 14.5. The number of amides is 2. The van der Waals surface area contributed by atoms with Crippen molar-refractivity contribution < 1.29 is 9.59 Å². The molecule has 1 saturated heterocycles. The Hall–Kier alpha value is -3.22. The van der Waals surface area contributed by atoms with Crippen LogP contribution in [-0.2, 0) is 9.59 Å². The van der Waals surface area contributed by atoms with Crippen molar-refractivity contribution >= 4 is 52.7 Å². The van der Waals surface area contributed by atoms with Crippen molar-refractivity contribution in [1.82, 2.24) is 5.32 Å². The van der Waals surface area contributed by atoms with Gasteiger partial charge in [0, 0.05) is 9.79 Å². The Morgan fingerprint density at radius 3 is 2.20 bits per heavy atom. The maximum atomic E-state index is 13.1. The summed E-state index contributed by atoms with van der Waals surface area (Å²) in [6, 6.07) is 25.2. The van der Waals surface area contributed by atoms with Gasteiger partial charge in [0.05, 0.1) is 5.69 Å². The van der Waals surface area contributed by atoms with E-state index in [1.807, 2.05) is 73.7 Å². The van der Waals surface area contributed by atoms with Gasteiger partial charge in [-0.2, -0.15) is 0 Å². The zero-order chi connectivity index (χ0) is 21.1. The number of nitrogens with zero attached hydrogens (tertiary/aromatic N) is 1. The number of hydrogen-bond acceptors (Lipinski definition) is 4. The molecule has 30 heavy (non-hydrogen) atoms. The first-order valence-electron chi connectivity index (χ1n) is 9.33. The zero-order valence-corrected chi connectivity index (χ0v) is 17.8. The number of aryl methyl sites for hydroxylation is 1. The van der Waals surface area contributed by atoms with Gasteiger partial charge in [-0.05, 0) is 66.7 Å². The van der Waals surface area contributed by atoms with E-state index in [1.165, 1.54) is 4.90 Å². The monoisotopic (exact) mass is 430 g/mol. The van der Waals surface area contributed by atoms with Gasteiger partial charge in [0.1, 0.15) is 5.57 Å². The summed E-state index contributed by atoms with van der Waals surface area (Å²) in [6.07, 6.45) is 1.60. The van der Waals surface area contributed by atoms with E-state index in [2.05, 4.69) is 17.4 Å². The summed E-state index contributed by atoms with van der Waals surface area (Å²) >= 11 is 6.91. The Morgan fingerprint density at radius 2 is 1.50 bits per heavy atom. The average molecular weight is 431 g/mol. The van der Waals surface area contributed by atoms with Crippen LogP contribution < -0.4 is 10.2 Å². The molecule has 0 bridgehead atoms. The highest BCUT2D eigenvalue weighted by atomic mass is 32.2. The van der Waals surface area contributed by atoms with Crippen molar-refractivity contribution in [3.05, 3.63) is 95.6 Å². The summed E-state index contributed by atoms with van der Waals surface area (Å²) < 4.78 is 0. The third-order valence-corrected chi connectivity index (χ3v) is 5.93. The lowest BCUT2D eigenvalue weighted by atomic mass is 10.1. The minimum absolute atomic E-state index is 0.0512. The summed E-state index contributed by atoms with van der Waals surface area (Å²) in [6.45, 7) is 1.90. The predicted molar refractivity (Wildman–Crippen MR) is 124 cm³/mol. The molecule has 1 aliphatic rings. The summed E-state index contributed by atoms with van der Waals surface area (Å²) in [5.41, 5.74) is 2.37. The molecule has 2 amide bonds. The van der Waals surface area contributed by atoms with Crippen LogP contribution in [0.4, 0.5) is 5.69 Å². The molecule has 1 heterocycles. The number of benzene rings is 3. The Bertz CT molecular complexity index is 1160. The van der Waals surface area contributed by atoms with Gasteiger partial charge in [-0.1, -0.05) is 60.3 Å². The van der Waals surface area contributed by atoms with Gasteiger partial charge in [0.25, 0.3) is 11.8 Å². The number of carbonyl (C=O) groups excluding carboxylic acids is 2. The van der Waals surface area contributed by atoms with Gasteiger partial charge in [-0.15, -0.1) is 0 Å². The van der Waals surface area contributed by atoms with Crippen LogP contribution >= 0.6 is 24.0 Å². The highest BCUT2D eigenvalue weighted by Crippen LogP contribution is 2.28. The van der Waals surface area contributed by atoms with Crippen LogP contribution in [0.2, 0.25) is 0 Å². The smallest absolute Gasteiger partial charge is 0.270 e. The molecule has 0 spiro atoms. The molecular formula is C24H18N2O2S2. The molecule has 0 aliphatic carbocycles. The van der Waals surface area contributed by atoms with E-state index in [9.17, 15) is 9.59 Å². The minimum Gasteiger partial charge on any atom is -0.298 e. The van der Waals surface area contributed by atoms with Gasteiger partial charge >= 0.3 is 0 Å². The molecule has 1 aliphatic heterocycles. The van der Waals surface area contributed by atoms with Crippen molar-refractivity contribution in [2.45, 2.75) is 16.7 Å². The highest BCUT2D eigenvalue weighted by Gasteiger charge is 2.34. The summed E-state index contributed by atoms with van der Waals surface area (Å²) in [4.78, 5) is 29.2. The SMILES string of the molecule is Cc1ccccc1N1C(=O)/C(=C/c2ccc(Sc3ccccc3)cc2)C(=O)NC1=S. The van der Waals surface area contributed by atoms with Crippen molar-refractivity contribution in [2.24, 2.45) is 0 Å². The third-order valence-electron chi connectivity index (χ3n) is 4.63. The molecule has 0 aromatic heterocycles. The fourth-order valence-corrected chi connectivity index (χ4v) is 4.23.